The van der Waals surface area contributed by atoms with E-state index in [4.69, 9.17) is 4.74 Å². The van der Waals surface area contributed by atoms with Gasteiger partial charge in [0.25, 0.3) is 0 Å². The summed E-state index contributed by atoms with van der Waals surface area (Å²) in [5.74, 6) is -0.623. The van der Waals surface area contributed by atoms with Crippen LogP contribution in [0.1, 0.15) is 18.4 Å². The van der Waals surface area contributed by atoms with Crippen molar-refractivity contribution in [2.75, 3.05) is 13.2 Å². The first-order valence-electron chi connectivity index (χ1n) is 7.39. The Morgan fingerprint density at radius 2 is 1.58 bits per heavy atom. The molecule has 4 nitrogen and oxygen atoms in total. The van der Waals surface area contributed by atoms with Crippen molar-refractivity contribution >= 4 is 0 Å². The van der Waals surface area contributed by atoms with Crippen LogP contribution in [-0.2, 0) is 10.3 Å². The van der Waals surface area contributed by atoms with Gasteiger partial charge in [0.15, 0.2) is 0 Å². The van der Waals surface area contributed by atoms with Gasteiger partial charge in [-0.25, -0.2) is 0 Å². The summed E-state index contributed by atoms with van der Waals surface area (Å²) in [7, 11) is 0. The molecule has 2 N–H and O–H groups in total. The van der Waals surface area contributed by atoms with Crippen molar-refractivity contribution in [2.24, 2.45) is 0 Å². The number of rotatable bonds is 3. The lowest BCUT2D eigenvalue weighted by atomic mass is 9.78. The fourth-order valence-corrected chi connectivity index (χ4v) is 3.19. The number of aliphatic hydroxyl groups is 1. The molecule has 2 aliphatic rings. The summed E-state index contributed by atoms with van der Waals surface area (Å²) in [5, 5.41) is 14.1. The number of fused-ring (bicyclic) bond motifs is 2. The first-order chi connectivity index (χ1) is 11.1. The standard InChI is InChI=1S/C15H16F5NO3/c16-14(17,18)15(19,20)24-12-3-1-9(2-4-12)13(22)5-10-7-23-8-11(6-13)21-10/h1-4,10-11,21-22H,5-8H2. The van der Waals surface area contributed by atoms with E-state index in [0.717, 1.165) is 12.1 Å². The van der Waals surface area contributed by atoms with Crippen molar-refractivity contribution < 1.29 is 36.5 Å². The van der Waals surface area contributed by atoms with E-state index in [2.05, 4.69) is 10.1 Å². The van der Waals surface area contributed by atoms with Gasteiger partial charge in [0, 0.05) is 12.1 Å². The highest BCUT2D eigenvalue weighted by Gasteiger charge is 2.61. The topological polar surface area (TPSA) is 50.7 Å². The largest absolute Gasteiger partial charge is 0.499 e. The number of hydrogen-bond donors (Lipinski definition) is 2. The zero-order chi connectivity index (χ0) is 17.6. The quantitative estimate of drug-likeness (QED) is 0.820. The highest BCUT2D eigenvalue weighted by Crippen LogP contribution is 2.39. The molecule has 2 heterocycles. The van der Waals surface area contributed by atoms with Gasteiger partial charge in [-0.2, -0.15) is 22.0 Å². The maximum atomic E-state index is 12.9. The summed E-state index contributed by atoms with van der Waals surface area (Å²) in [4.78, 5) is 0. The minimum Gasteiger partial charge on any atom is -0.426 e. The monoisotopic (exact) mass is 353 g/mol. The Bertz CT molecular complexity index is 578. The molecule has 0 aromatic heterocycles. The molecule has 1 aromatic rings. The molecule has 2 atom stereocenters. The van der Waals surface area contributed by atoms with Crippen LogP contribution in [0.25, 0.3) is 0 Å². The van der Waals surface area contributed by atoms with E-state index >= 15 is 0 Å². The molecule has 9 heteroatoms. The SMILES string of the molecule is OC1(c2ccc(OC(F)(F)C(F)(F)F)cc2)CC2COCC(C1)N2. The van der Waals surface area contributed by atoms with Gasteiger partial charge in [-0.15, -0.1) is 0 Å². The van der Waals surface area contributed by atoms with Crippen LogP contribution in [0.15, 0.2) is 24.3 Å². The van der Waals surface area contributed by atoms with Gasteiger partial charge in [0.2, 0.25) is 0 Å². The van der Waals surface area contributed by atoms with Gasteiger partial charge >= 0.3 is 12.3 Å². The number of nitrogens with one attached hydrogen (secondary N) is 1. The van der Waals surface area contributed by atoms with Crippen molar-refractivity contribution in [3.63, 3.8) is 0 Å². The first kappa shape index (κ1) is 17.4. The third-order valence-electron chi connectivity index (χ3n) is 4.25. The van der Waals surface area contributed by atoms with Crippen molar-refractivity contribution in [3.05, 3.63) is 29.8 Å². The van der Waals surface area contributed by atoms with Crippen LogP contribution >= 0.6 is 0 Å². The Morgan fingerprint density at radius 1 is 1.04 bits per heavy atom. The number of ether oxygens (including phenoxy) is 2. The van der Waals surface area contributed by atoms with Crippen LogP contribution in [0.2, 0.25) is 0 Å². The molecule has 134 valence electrons. The molecule has 0 radical (unpaired) electrons. The first-order valence-corrected chi connectivity index (χ1v) is 7.39. The Balaban J connectivity index is 1.75. The zero-order valence-corrected chi connectivity index (χ0v) is 12.4. The minimum atomic E-state index is -5.80. The van der Waals surface area contributed by atoms with Gasteiger partial charge in [-0.3, -0.25) is 0 Å². The highest BCUT2D eigenvalue weighted by molar-refractivity contribution is 5.32. The van der Waals surface area contributed by atoms with E-state index in [9.17, 15) is 27.1 Å². The summed E-state index contributed by atoms with van der Waals surface area (Å²) < 4.78 is 71.3. The van der Waals surface area contributed by atoms with Gasteiger partial charge in [-0.1, -0.05) is 12.1 Å². The summed E-state index contributed by atoms with van der Waals surface area (Å²) >= 11 is 0. The maximum Gasteiger partial charge on any atom is 0.499 e. The normalized spacial score (nSPS) is 30.9. The van der Waals surface area contributed by atoms with Gasteiger partial charge in [0.05, 0.1) is 18.8 Å². The van der Waals surface area contributed by atoms with Crippen LogP contribution in [-0.4, -0.2) is 42.7 Å². The Morgan fingerprint density at radius 3 is 2.08 bits per heavy atom. The van der Waals surface area contributed by atoms with Crippen LogP contribution in [0.4, 0.5) is 22.0 Å². The third-order valence-corrected chi connectivity index (χ3v) is 4.25. The second kappa shape index (κ2) is 5.82. The number of benzene rings is 1. The van der Waals surface area contributed by atoms with Crippen molar-refractivity contribution in [1.29, 1.82) is 0 Å². The number of alkyl halides is 5. The molecule has 24 heavy (non-hydrogen) atoms. The molecular formula is C15H16F5NO3. The number of halogens is 5. The summed E-state index contributed by atoms with van der Waals surface area (Å²) in [6.07, 6.45) is -10.3. The molecule has 2 bridgehead atoms. The second-order valence-electron chi connectivity index (χ2n) is 6.18. The van der Waals surface area contributed by atoms with E-state index < -0.39 is 23.6 Å². The smallest absolute Gasteiger partial charge is 0.426 e. The molecule has 2 aliphatic heterocycles. The molecule has 0 saturated carbocycles. The van der Waals surface area contributed by atoms with E-state index in [-0.39, 0.29) is 12.1 Å². The van der Waals surface area contributed by atoms with Crippen LogP contribution in [0.5, 0.6) is 5.75 Å². The Hall–Kier alpha value is -1.45. The van der Waals surface area contributed by atoms with E-state index in [1.54, 1.807) is 0 Å². The van der Waals surface area contributed by atoms with Gasteiger partial charge in [0.1, 0.15) is 5.75 Å². The van der Waals surface area contributed by atoms with Crippen LogP contribution < -0.4 is 10.1 Å². The minimum absolute atomic E-state index is 0.0343. The molecule has 2 unspecified atom stereocenters. The second-order valence-corrected chi connectivity index (χ2v) is 6.18. The molecule has 2 fully saturated rings. The lowest BCUT2D eigenvalue weighted by Gasteiger charge is -2.45. The summed E-state index contributed by atoms with van der Waals surface area (Å²) in [5.41, 5.74) is -0.737. The van der Waals surface area contributed by atoms with Gasteiger partial charge < -0.3 is 19.9 Å². The molecule has 1 aromatic carbocycles. The predicted octanol–water partition coefficient (Wildman–Crippen LogP) is 2.56. The zero-order valence-electron chi connectivity index (χ0n) is 12.4. The van der Waals surface area contributed by atoms with Crippen molar-refractivity contribution in [2.45, 2.75) is 42.8 Å². The predicted molar refractivity (Wildman–Crippen MR) is 72.7 cm³/mol. The molecular weight excluding hydrogens is 337 g/mol. The summed E-state index contributed by atoms with van der Waals surface area (Å²) in [6.45, 7) is 0.912. The molecule has 3 rings (SSSR count). The number of morpholine rings is 1. The average molecular weight is 353 g/mol. The molecule has 0 amide bonds. The van der Waals surface area contributed by atoms with Crippen molar-refractivity contribution in [3.8, 4) is 5.75 Å². The average Bonchev–Trinajstić information content (AvgIpc) is 2.45. The number of hydrogen-bond acceptors (Lipinski definition) is 4. The van der Waals surface area contributed by atoms with E-state index in [1.165, 1.54) is 12.1 Å². The molecule has 2 saturated heterocycles. The van der Waals surface area contributed by atoms with Crippen molar-refractivity contribution in [1.82, 2.24) is 5.32 Å². The fourth-order valence-electron chi connectivity index (χ4n) is 3.19. The molecule has 0 aliphatic carbocycles. The van der Waals surface area contributed by atoms with Crippen LogP contribution in [0.3, 0.4) is 0 Å². The maximum absolute atomic E-state index is 12.9. The van der Waals surface area contributed by atoms with E-state index in [0.29, 0.717) is 31.6 Å². The van der Waals surface area contributed by atoms with E-state index in [1.807, 2.05) is 0 Å². The lowest BCUT2D eigenvalue weighted by Crippen LogP contribution is -2.58. The number of piperidine rings is 1. The summed E-state index contributed by atoms with van der Waals surface area (Å²) in [6, 6.07) is 4.55. The highest BCUT2D eigenvalue weighted by atomic mass is 19.4. The Labute approximate surface area is 134 Å². The van der Waals surface area contributed by atoms with Gasteiger partial charge in [-0.05, 0) is 30.5 Å². The fraction of sp³-hybridized carbons (Fsp3) is 0.600. The Kier molecular flexibility index (Phi) is 4.21. The van der Waals surface area contributed by atoms with Crippen LogP contribution in [0, 0.1) is 0 Å². The molecule has 0 spiro atoms. The third kappa shape index (κ3) is 3.33. The lowest BCUT2D eigenvalue weighted by molar-refractivity contribution is -0.360.